The molecular weight excluding hydrogens is 218 g/mol. The van der Waals surface area contributed by atoms with E-state index >= 15 is 0 Å². The van der Waals surface area contributed by atoms with E-state index in [1.807, 2.05) is 0 Å². The lowest BCUT2D eigenvalue weighted by atomic mass is 10.2. The van der Waals surface area contributed by atoms with Crippen LogP contribution in [0.15, 0.2) is 12.7 Å². The molecule has 0 aliphatic heterocycles. The van der Waals surface area contributed by atoms with Gasteiger partial charge in [-0.05, 0) is 12.5 Å². The SMILES string of the molecule is C=CC(N)=O.CCCCCCO[SH](=O)=O. The van der Waals surface area contributed by atoms with Gasteiger partial charge in [-0.1, -0.05) is 32.8 Å². The minimum absolute atomic E-state index is 0.346. The molecular formula is C9H19NO4S. The quantitative estimate of drug-likeness (QED) is 0.389. The van der Waals surface area contributed by atoms with Crippen LogP contribution in [0.2, 0.25) is 0 Å². The van der Waals surface area contributed by atoms with Crippen molar-refractivity contribution in [2.45, 2.75) is 32.6 Å². The molecule has 0 aromatic carbocycles. The Morgan fingerprint density at radius 2 is 1.93 bits per heavy atom. The van der Waals surface area contributed by atoms with Gasteiger partial charge in [0, 0.05) is 0 Å². The second kappa shape index (κ2) is 13.1. The lowest BCUT2D eigenvalue weighted by molar-refractivity contribution is -0.113. The van der Waals surface area contributed by atoms with Crippen molar-refractivity contribution in [3.8, 4) is 0 Å². The maximum Gasteiger partial charge on any atom is 0.257 e. The topological polar surface area (TPSA) is 86.5 Å². The molecule has 0 bridgehead atoms. The Kier molecular flexibility index (Phi) is 14.5. The van der Waals surface area contributed by atoms with Crippen molar-refractivity contribution in [2.75, 3.05) is 6.61 Å². The summed E-state index contributed by atoms with van der Waals surface area (Å²) in [7, 11) is -2.62. The molecule has 90 valence electrons. The van der Waals surface area contributed by atoms with Gasteiger partial charge in [0.15, 0.2) is 0 Å². The molecule has 0 saturated carbocycles. The highest BCUT2D eigenvalue weighted by molar-refractivity contribution is 7.67. The molecule has 15 heavy (non-hydrogen) atoms. The second-order valence-electron chi connectivity index (χ2n) is 2.72. The van der Waals surface area contributed by atoms with E-state index in [1.54, 1.807) is 0 Å². The van der Waals surface area contributed by atoms with Crippen LogP contribution in [0.25, 0.3) is 0 Å². The summed E-state index contributed by atoms with van der Waals surface area (Å²) in [6.45, 7) is 5.54. The van der Waals surface area contributed by atoms with E-state index in [9.17, 15) is 13.2 Å². The molecule has 0 aromatic rings. The fraction of sp³-hybridized carbons (Fsp3) is 0.667. The number of hydrogen-bond acceptors (Lipinski definition) is 4. The summed E-state index contributed by atoms with van der Waals surface area (Å²) >= 11 is 0. The zero-order valence-corrected chi connectivity index (χ0v) is 9.87. The van der Waals surface area contributed by atoms with Crippen LogP contribution in [0, 0.1) is 0 Å². The van der Waals surface area contributed by atoms with Gasteiger partial charge in [-0.2, -0.15) is 0 Å². The molecule has 0 aliphatic rings. The normalized spacial score (nSPS) is 9.20. The van der Waals surface area contributed by atoms with E-state index < -0.39 is 16.9 Å². The Morgan fingerprint density at radius 1 is 1.40 bits per heavy atom. The van der Waals surface area contributed by atoms with E-state index in [0.717, 1.165) is 31.8 Å². The van der Waals surface area contributed by atoms with Crippen molar-refractivity contribution in [1.29, 1.82) is 0 Å². The van der Waals surface area contributed by atoms with Crippen molar-refractivity contribution in [1.82, 2.24) is 0 Å². The Bertz CT molecular complexity index is 230. The lowest BCUT2D eigenvalue weighted by Gasteiger charge is -1.94. The molecule has 0 saturated heterocycles. The molecule has 0 spiro atoms. The summed E-state index contributed by atoms with van der Waals surface area (Å²) in [6.07, 6.45) is 5.26. The number of carbonyl (C=O) groups excluding carboxylic acids is 1. The summed E-state index contributed by atoms with van der Waals surface area (Å²) in [5.41, 5.74) is 4.53. The van der Waals surface area contributed by atoms with E-state index in [0.29, 0.717) is 6.61 Å². The Labute approximate surface area is 92.5 Å². The van der Waals surface area contributed by atoms with Crippen LogP contribution in [-0.4, -0.2) is 20.9 Å². The van der Waals surface area contributed by atoms with Crippen LogP contribution in [0.1, 0.15) is 32.6 Å². The third-order valence-electron chi connectivity index (χ3n) is 1.40. The summed E-state index contributed by atoms with van der Waals surface area (Å²) in [5.74, 6) is -0.481. The number of unbranched alkanes of at least 4 members (excludes halogenated alkanes) is 3. The molecule has 0 atom stereocenters. The zero-order chi connectivity index (χ0) is 12.1. The number of amides is 1. The van der Waals surface area contributed by atoms with Gasteiger partial charge in [-0.3, -0.25) is 8.98 Å². The fourth-order valence-corrected chi connectivity index (χ4v) is 0.946. The van der Waals surface area contributed by atoms with Crippen LogP contribution >= 0.6 is 0 Å². The Morgan fingerprint density at radius 3 is 2.27 bits per heavy atom. The van der Waals surface area contributed by atoms with Gasteiger partial charge in [0.25, 0.3) is 11.0 Å². The summed E-state index contributed by atoms with van der Waals surface area (Å²) in [5, 5.41) is 0. The van der Waals surface area contributed by atoms with E-state index in [4.69, 9.17) is 0 Å². The minimum atomic E-state index is -2.62. The van der Waals surface area contributed by atoms with Crippen molar-refractivity contribution >= 4 is 16.9 Å². The first-order valence-electron chi connectivity index (χ1n) is 4.73. The number of nitrogens with two attached hydrogens (primary N) is 1. The van der Waals surface area contributed by atoms with Crippen molar-refractivity contribution in [3.05, 3.63) is 12.7 Å². The van der Waals surface area contributed by atoms with Crippen LogP contribution < -0.4 is 5.73 Å². The van der Waals surface area contributed by atoms with Crippen LogP contribution in [-0.2, 0) is 20.0 Å². The van der Waals surface area contributed by atoms with Gasteiger partial charge in [0.1, 0.15) is 0 Å². The van der Waals surface area contributed by atoms with E-state index in [-0.39, 0.29) is 0 Å². The van der Waals surface area contributed by atoms with Gasteiger partial charge >= 0.3 is 0 Å². The molecule has 0 rings (SSSR count). The van der Waals surface area contributed by atoms with Gasteiger partial charge < -0.3 is 5.73 Å². The summed E-state index contributed by atoms with van der Waals surface area (Å²) < 4.78 is 24.0. The van der Waals surface area contributed by atoms with Crippen molar-refractivity contribution < 1.29 is 17.4 Å². The molecule has 0 aromatic heterocycles. The molecule has 0 aliphatic carbocycles. The van der Waals surface area contributed by atoms with Gasteiger partial charge in [0.2, 0.25) is 5.91 Å². The minimum Gasteiger partial charge on any atom is -0.366 e. The Hall–Kier alpha value is -0.880. The highest BCUT2D eigenvalue weighted by Crippen LogP contribution is 1.98. The molecule has 0 heterocycles. The van der Waals surface area contributed by atoms with Crippen LogP contribution in [0.3, 0.4) is 0 Å². The fourth-order valence-electron chi connectivity index (χ4n) is 0.668. The number of primary amides is 1. The molecule has 5 nitrogen and oxygen atoms in total. The number of carbonyl (C=O) groups is 1. The molecule has 2 N–H and O–H groups in total. The average molecular weight is 237 g/mol. The first-order valence-corrected chi connectivity index (χ1v) is 5.83. The van der Waals surface area contributed by atoms with Crippen LogP contribution in [0.4, 0.5) is 0 Å². The van der Waals surface area contributed by atoms with Crippen molar-refractivity contribution in [2.24, 2.45) is 5.73 Å². The van der Waals surface area contributed by atoms with Crippen molar-refractivity contribution in [3.63, 3.8) is 0 Å². The van der Waals surface area contributed by atoms with Crippen LogP contribution in [0.5, 0.6) is 0 Å². The lowest BCUT2D eigenvalue weighted by Crippen LogP contribution is -2.04. The first kappa shape index (κ1) is 16.5. The van der Waals surface area contributed by atoms with E-state index in [2.05, 4.69) is 23.4 Å². The van der Waals surface area contributed by atoms with E-state index in [1.165, 1.54) is 0 Å². The maximum absolute atomic E-state index is 9.85. The molecule has 0 radical (unpaired) electrons. The van der Waals surface area contributed by atoms with Gasteiger partial charge in [0.05, 0.1) is 6.61 Å². The highest BCUT2D eigenvalue weighted by Gasteiger charge is 1.88. The monoisotopic (exact) mass is 237 g/mol. The number of rotatable bonds is 7. The maximum atomic E-state index is 9.85. The van der Waals surface area contributed by atoms with Gasteiger partial charge in [-0.15, -0.1) is 0 Å². The molecule has 0 fully saturated rings. The smallest absolute Gasteiger partial charge is 0.257 e. The third kappa shape index (κ3) is 24.6. The second-order valence-corrected chi connectivity index (χ2v) is 3.43. The predicted octanol–water partition coefficient (Wildman–Crippen LogP) is 0.767. The highest BCUT2D eigenvalue weighted by atomic mass is 32.2. The predicted molar refractivity (Wildman–Crippen MR) is 59.8 cm³/mol. The first-order chi connectivity index (χ1) is 7.04. The number of thiol groups is 1. The zero-order valence-electron chi connectivity index (χ0n) is 8.98. The number of hydrogen-bond donors (Lipinski definition) is 2. The molecule has 1 amide bonds. The largest absolute Gasteiger partial charge is 0.366 e. The average Bonchev–Trinajstić information content (AvgIpc) is 2.18. The third-order valence-corrected chi connectivity index (χ3v) is 1.79. The molecule has 6 heteroatoms. The summed E-state index contributed by atoms with van der Waals surface area (Å²) in [4.78, 5) is 9.47. The molecule has 0 unspecified atom stereocenters. The standard InChI is InChI=1S/C6H14O3S.C3H5NO/c1-2-3-4-5-6-9-10(7)8;1-2-3(4)5/h10H,2-6H2,1H3;2H,1H2,(H2,4,5). The van der Waals surface area contributed by atoms with Gasteiger partial charge in [-0.25, -0.2) is 8.42 Å². The summed E-state index contributed by atoms with van der Waals surface area (Å²) in [6, 6.07) is 0. The Balaban J connectivity index is 0.